The molecule has 0 amide bonds. The van der Waals surface area contributed by atoms with Gasteiger partial charge in [-0.3, -0.25) is 0 Å². The minimum absolute atomic E-state index is 0.0972. The topological polar surface area (TPSA) is 90.7 Å². The van der Waals surface area contributed by atoms with Crippen LogP contribution in [0, 0.1) is 0 Å². The van der Waals surface area contributed by atoms with Crippen LogP contribution in [0.1, 0.15) is 0 Å². The molecule has 1 rings (SSSR count). The van der Waals surface area contributed by atoms with Crippen molar-refractivity contribution in [2.45, 2.75) is 0 Å². The van der Waals surface area contributed by atoms with E-state index in [4.69, 9.17) is 10.8 Å². The van der Waals surface area contributed by atoms with Gasteiger partial charge in [0.25, 0.3) is 0 Å². The Morgan fingerprint density at radius 2 is 2.40 bits per heavy atom. The van der Waals surface area contributed by atoms with Crippen molar-refractivity contribution in [3.8, 4) is 0 Å². The fourth-order valence-corrected chi connectivity index (χ4v) is 2.81. The maximum absolute atomic E-state index is 7.75. The molecule has 0 aliphatic rings. The summed E-state index contributed by atoms with van der Waals surface area (Å²) in [5.41, 5.74) is 4.78. The molecule has 10 heavy (non-hydrogen) atoms. The quantitative estimate of drug-likeness (QED) is 0.530. The molecule has 5 N–H and O–H groups in total. The SMILES string of the molecule is NCCO.n1p[nH][pH][nH][pH]1. The average molecular weight is 200 g/mol. The lowest BCUT2D eigenvalue weighted by atomic mass is 10.8. The van der Waals surface area contributed by atoms with Crippen LogP contribution in [0.15, 0.2) is 0 Å². The van der Waals surface area contributed by atoms with E-state index in [0.29, 0.717) is 23.6 Å². The van der Waals surface area contributed by atoms with E-state index in [1.807, 2.05) is 0 Å². The second-order valence-corrected chi connectivity index (χ2v) is 4.55. The highest BCUT2D eigenvalue weighted by Crippen LogP contribution is 2.01. The Bertz CT molecular complexity index is 110. The lowest BCUT2D eigenvalue weighted by Gasteiger charge is -1.75. The van der Waals surface area contributed by atoms with Crippen molar-refractivity contribution in [1.29, 1.82) is 0 Å². The summed E-state index contributed by atoms with van der Waals surface area (Å²) >= 11 is 0. The van der Waals surface area contributed by atoms with Gasteiger partial charge in [-0.25, -0.2) is 0 Å². The highest BCUT2D eigenvalue weighted by Gasteiger charge is 1.56. The molecule has 0 fully saturated rings. The maximum atomic E-state index is 7.75. The van der Waals surface area contributed by atoms with Gasteiger partial charge in [-0.2, -0.15) is 4.51 Å². The Morgan fingerprint density at radius 1 is 1.70 bits per heavy atom. The van der Waals surface area contributed by atoms with E-state index in [1.165, 1.54) is 0 Å². The molecule has 0 saturated heterocycles. The standard InChI is InChI=1S/C2H7NO.H4N3P3/c3-1-2-4;1-4-2-6-3-5-1/h4H,1-3H2;1,4-5H,(H,2,3). The number of nitrogens with one attached hydrogen (secondary N) is 2. The number of hydrogen-bond donors (Lipinski definition) is 4. The van der Waals surface area contributed by atoms with Gasteiger partial charge in [-0.15, -0.1) is 0 Å². The van der Waals surface area contributed by atoms with Crippen molar-refractivity contribution in [2.24, 2.45) is 5.73 Å². The molecule has 0 spiro atoms. The van der Waals surface area contributed by atoms with E-state index < -0.39 is 0 Å². The summed E-state index contributed by atoms with van der Waals surface area (Å²) < 4.78 is 10.0. The fraction of sp³-hybridized carbons (Fsp3) is 1.00. The number of nitrogens with zero attached hydrogens (tertiary/aromatic N) is 1. The lowest BCUT2D eigenvalue weighted by molar-refractivity contribution is 0.306. The minimum atomic E-state index is 0.0972. The summed E-state index contributed by atoms with van der Waals surface area (Å²) in [6.45, 7) is 0.472. The number of aliphatic hydroxyl groups excluding tert-OH is 1. The molecule has 2 atom stereocenters. The van der Waals surface area contributed by atoms with Crippen LogP contribution in [0.3, 0.4) is 0 Å². The number of aromatic amines is 2. The largest absolute Gasteiger partial charge is 0.395 e. The Hall–Kier alpha value is 0.220. The Balaban J connectivity index is 0.000000180. The molecule has 8 heteroatoms. The normalized spacial score (nSPS) is 10.2. The number of aromatic nitrogens is 3. The van der Waals surface area contributed by atoms with E-state index in [1.54, 1.807) is 0 Å². The van der Waals surface area contributed by atoms with E-state index in [0.717, 1.165) is 8.51 Å². The van der Waals surface area contributed by atoms with E-state index in [2.05, 4.69) is 13.5 Å². The van der Waals surface area contributed by atoms with Crippen LogP contribution in [0.5, 0.6) is 0 Å². The van der Waals surface area contributed by atoms with Crippen LogP contribution >= 0.6 is 25.5 Å². The van der Waals surface area contributed by atoms with Crippen molar-refractivity contribution < 1.29 is 5.11 Å². The van der Waals surface area contributed by atoms with Crippen LogP contribution < -0.4 is 5.73 Å². The molecule has 0 saturated carbocycles. The Labute approximate surface area is 63.8 Å². The molecule has 60 valence electrons. The molecule has 1 heterocycles. The summed E-state index contributed by atoms with van der Waals surface area (Å²) in [5.74, 6) is 0. The van der Waals surface area contributed by atoms with Gasteiger partial charge in [-0.1, -0.05) is 0 Å². The first kappa shape index (κ1) is 10.2. The molecule has 0 bridgehead atoms. The summed E-state index contributed by atoms with van der Waals surface area (Å²) in [5, 5.41) is 7.75. The summed E-state index contributed by atoms with van der Waals surface area (Å²) in [6, 6.07) is 0. The molecule has 1 aromatic rings. The molecular weight excluding hydrogens is 189 g/mol. The van der Waals surface area contributed by atoms with Crippen LogP contribution in [0.25, 0.3) is 0 Å². The number of rotatable bonds is 1. The Kier molecular flexibility index (Phi) is 9.42. The van der Waals surface area contributed by atoms with Gasteiger partial charge >= 0.3 is 0 Å². The van der Waals surface area contributed by atoms with Crippen LogP contribution in [-0.4, -0.2) is 31.8 Å². The van der Waals surface area contributed by atoms with E-state index >= 15 is 0 Å². The van der Waals surface area contributed by atoms with E-state index in [9.17, 15) is 0 Å². The van der Waals surface area contributed by atoms with Gasteiger partial charge in [0.05, 0.1) is 6.61 Å². The van der Waals surface area contributed by atoms with Crippen molar-refractivity contribution in [2.75, 3.05) is 13.2 Å². The number of hydrogen-bond acceptors (Lipinski definition) is 3. The molecule has 0 aromatic carbocycles. The zero-order chi connectivity index (χ0) is 7.66. The van der Waals surface area contributed by atoms with Crippen LogP contribution in [0.4, 0.5) is 0 Å². The molecule has 2 unspecified atom stereocenters. The van der Waals surface area contributed by atoms with Crippen LogP contribution in [0.2, 0.25) is 0 Å². The first-order chi connectivity index (χ1) is 4.91. The number of H-pyrrole nitrogens is 2. The number of aliphatic hydroxyl groups is 1. The van der Waals surface area contributed by atoms with E-state index in [-0.39, 0.29) is 6.61 Å². The second kappa shape index (κ2) is 9.22. The van der Waals surface area contributed by atoms with Crippen molar-refractivity contribution in [3.63, 3.8) is 0 Å². The average Bonchev–Trinajstić information content (AvgIpc) is 2.08. The lowest BCUT2D eigenvalue weighted by Crippen LogP contribution is -2.02. The molecular formula is C2H11N4OP3. The maximum Gasteiger partial charge on any atom is 0.138 e. The smallest absolute Gasteiger partial charge is 0.138 e. The molecule has 0 aliphatic carbocycles. The summed E-state index contributed by atoms with van der Waals surface area (Å²) in [4.78, 5) is 0. The highest BCUT2D eigenvalue weighted by molar-refractivity contribution is 7.43. The first-order valence-electron chi connectivity index (χ1n) is 2.62. The van der Waals surface area contributed by atoms with Gasteiger partial charge in [0, 0.05) is 23.6 Å². The fourth-order valence-electron chi connectivity index (χ4n) is 0.156. The molecule has 5 nitrogen and oxygen atoms in total. The van der Waals surface area contributed by atoms with Gasteiger partial charge < -0.3 is 19.9 Å². The minimum Gasteiger partial charge on any atom is -0.395 e. The predicted octanol–water partition coefficient (Wildman–Crippen LogP) is 0.442. The Morgan fingerprint density at radius 3 is 2.50 bits per heavy atom. The van der Waals surface area contributed by atoms with Crippen molar-refractivity contribution in [1.82, 2.24) is 13.5 Å². The molecule has 1 aromatic heterocycles. The summed E-state index contributed by atoms with van der Waals surface area (Å²) in [7, 11) is 2.36. The van der Waals surface area contributed by atoms with Gasteiger partial charge in [0.15, 0.2) is 0 Å². The number of nitrogens with two attached hydrogens (primary N) is 1. The monoisotopic (exact) mass is 200 g/mol. The third-order valence-electron chi connectivity index (χ3n) is 0.453. The highest BCUT2D eigenvalue weighted by atomic mass is 31.1. The zero-order valence-electron chi connectivity index (χ0n) is 5.33. The third kappa shape index (κ3) is 8.22. The first-order valence-corrected chi connectivity index (χ1v) is 5.42. The van der Waals surface area contributed by atoms with Crippen molar-refractivity contribution >= 4 is 25.5 Å². The zero-order valence-corrected chi connectivity index (χ0v) is 8.23. The van der Waals surface area contributed by atoms with Gasteiger partial charge in [0.2, 0.25) is 0 Å². The predicted molar refractivity (Wildman–Crippen MR) is 48.2 cm³/mol. The van der Waals surface area contributed by atoms with Gasteiger partial charge in [-0.05, 0) is 0 Å². The second-order valence-electron chi connectivity index (χ2n) is 1.19. The summed E-state index contributed by atoms with van der Waals surface area (Å²) in [6.07, 6.45) is 0. The van der Waals surface area contributed by atoms with Crippen LogP contribution in [-0.2, 0) is 0 Å². The third-order valence-corrected chi connectivity index (χ3v) is 3.05. The van der Waals surface area contributed by atoms with Gasteiger partial charge in [0.1, 0.15) is 8.51 Å². The molecule has 0 aliphatic heterocycles. The van der Waals surface area contributed by atoms with Crippen molar-refractivity contribution in [3.05, 3.63) is 0 Å². The molecule has 0 radical (unpaired) electrons.